The first-order valence-electron chi connectivity index (χ1n) is 7.97. The van der Waals surface area contributed by atoms with Crippen LogP contribution in [0.3, 0.4) is 0 Å². The van der Waals surface area contributed by atoms with E-state index in [0.717, 1.165) is 36.6 Å². The summed E-state index contributed by atoms with van der Waals surface area (Å²) in [5.74, 6) is 0.719. The number of hydrogen-bond donors (Lipinski definition) is 1. The van der Waals surface area contributed by atoms with Crippen LogP contribution in [0.1, 0.15) is 12.8 Å². The molecule has 1 aliphatic heterocycles. The summed E-state index contributed by atoms with van der Waals surface area (Å²) in [6.45, 7) is 0.877. The van der Waals surface area contributed by atoms with Gasteiger partial charge in [0.15, 0.2) is 0 Å². The SMILES string of the molecule is N[C@H]1C[CH]CCN1c1nccc(-c2ccc3ccccc3c2)n1. The molecule has 23 heavy (non-hydrogen) atoms. The summed E-state index contributed by atoms with van der Waals surface area (Å²) in [6, 6.07) is 16.7. The predicted molar refractivity (Wildman–Crippen MR) is 93.8 cm³/mol. The average Bonchev–Trinajstić information content (AvgIpc) is 2.62. The van der Waals surface area contributed by atoms with Crippen LogP contribution in [-0.4, -0.2) is 22.7 Å². The average molecular weight is 303 g/mol. The lowest BCUT2D eigenvalue weighted by molar-refractivity contribution is 0.531. The van der Waals surface area contributed by atoms with E-state index in [1.807, 2.05) is 12.3 Å². The van der Waals surface area contributed by atoms with Crippen molar-refractivity contribution in [2.24, 2.45) is 5.73 Å². The molecule has 0 unspecified atom stereocenters. The van der Waals surface area contributed by atoms with Crippen LogP contribution >= 0.6 is 0 Å². The summed E-state index contributed by atoms with van der Waals surface area (Å²) in [4.78, 5) is 11.3. The Hall–Kier alpha value is -2.46. The lowest BCUT2D eigenvalue weighted by atomic mass is 10.1. The molecule has 0 aliphatic carbocycles. The number of nitrogens with zero attached hydrogens (tertiary/aromatic N) is 3. The van der Waals surface area contributed by atoms with Crippen molar-refractivity contribution in [3.8, 4) is 11.3 Å². The number of rotatable bonds is 2. The first-order valence-corrected chi connectivity index (χ1v) is 7.97. The molecule has 1 atom stereocenters. The number of benzene rings is 2. The van der Waals surface area contributed by atoms with E-state index in [1.165, 1.54) is 10.8 Å². The third-order valence-corrected chi connectivity index (χ3v) is 4.33. The number of nitrogens with two attached hydrogens (primary N) is 1. The minimum absolute atomic E-state index is 0.0318. The summed E-state index contributed by atoms with van der Waals surface area (Å²) in [7, 11) is 0. The van der Waals surface area contributed by atoms with Crippen molar-refractivity contribution in [2.45, 2.75) is 19.0 Å². The molecule has 2 aromatic carbocycles. The minimum Gasteiger partial charge on any atom is -0.325 e. The van der Waals surface area contributed by atoms with E-state index in [0.29, 0.717) is 0 Å². The highest BCUT2D eigenvalue weighted by Gasteiger charge is 2.21. The Morgan fingerprint density at radius 2 is 1.91 bits per heavy atom. The Morgan fingerprint density at radius 1 is 1.04 bits per heavy atom. The third-order valence-electron chi connectivity index (χ3n) is 4.33. The molecule has 1 radical (unpaired) electrons. The maximum absolute atomic E-state index is 6.19. The second-order valence-electron chi connectivity index (χ2n) is 5.88. The van der Waals surface area contributed by atoms with E-state index in [9.17, 15) is 0 Å². The molecule has 2 N–H and O–H groups in total. The molecular formula is C19H19N4. The molecule has 2 heterocycles. The molecule has 1 saturated heterocycles. The lowest BCUT2D eigenvalue weighted by Crippen LogP contribution is -2.46. The summed E-state index contributed by atoms with van der Waals surface area (Å²) >= 11 is 0. The number of anilines is 1. The van der Waals surface area contributed by atoms with E-state index in [-0.39, 0.29) is 6.17 Å². The van der Waals surface area contributed by atoms with Gasteiger partial charge in [0.05, 0.1) is 11.9 Å². The number of piperidine rings is 1. The van der Waals surface area contributed by atoms with E-state index in [4.69, 9.17) is 10.7 Å². The highest BCUT2D eigenvalue weighted by molar-refractivity contribution is 5.86. The van der Waals surface area contributed by atoms with Crippen molar-refractivity contribution >= 4 is 16.7 Å². The van der Waals surface area contributed by atoms with Crippen molar-refractivity contribution in [2.75, 3.05) is 11.4 Å². The van der Waals surface area contributed by atoms with Crippen molar-refractivity contribution in [1.82, 2.24) is 9.97 Å². The molecule has 115 valence electrons. The minimum atomic E-state index is -0.0318. The molecule has 4 nitrogen and oxygen atoms in total. The van der Waals surface area contributed by atoms with Crippen LogP contribution in [0, 0.1) is 6.42 Å². The second kappa shape index (κ2) is 5.97. The van der Waals surface area contributed by atoms with E-state index in [2.05, 4.69) is 58.8 Å². The van der Waals surface area contributed by atoms with Crippen molar-refractivity contribution < 1.29 is 0 Å². The molecule has 1 aromatic heterocycles. The van der Waals surface area contributed by atoms with Gasteiger partial charge in [-0.05, 0) is 42.2 Å². The lowest BCUT2D eigenvalue weighted by Gasteiger charge is -2.32. The van der Waals surface area contributed by atoms with Gasteiger partial charge in [0, 0.05) is 18.3 Å². The Morgan fingerprint density at radius 3 is 2.78 bits per heavy atom. The Labute approximate surface area is 136 Å². The number of fused-ring (bicyclic) bond motifs is 1. The van der Waals surface area contributed by atoms with Gasteiger partial charge in [-0.25, -0.2) is 9.97 Å². The monoisotopic (exact) mass is 303 g/mol. The molecule has 3 aromatic rings. The summed E-state index contributed by atoms with van der Waals surface area (Å²) < 4.78 is 0. The third kappa shape index (κ3) is 2.78. The smallest absolute Gasteiger partial charge is 0.227 e. The van der Waals surface area contributed by atoms with Crippen LogP contribution in [0.5, 0.6) is 0 Å². The summed E-state index contributed by atoms with van der Waals surface area (Å²) in [5.41, 5.74) is 8.22. The maximum atomic E-state index is 6.19. The van der Waals surface area contributed by atoms with Gasteiger partial charge in [0.2, 0.25) is 5.95 Å². The molecule has 0 bridgehead atoms. The summed E-state index contributed by atoms with van der Waals surface area (Å²) in [6.07, 6.45) is 5.92. The number of aromatic nitrogens is 2. The van der Waals surface area contributed by atoms with Crippen molar-refractivity contribution in [1.29, 1.82) is 0 Å². The standard InChI is InChI=1S/C19H19N4/c20-18-7-3-4-12-23(18)19-21-11-10-17(22-19)16-9-8-14-5-1-2-6-15(14)13-16/h1-3,5-6,8-11,13,18H,4,7,12,20H2/t18-/m1/s1. The molecule has 4 heteroatoms. The quantitative estimate of drug-likeness (QED) is 0.788. The van der Waals surface area contributed by atoms with Gasteiger partial charge in [-0.2, -0.15) is 0 Å². The molecule has 0 spiro atoms. The Balaban J connectivity index is 1.72. The molecule has 1 fully saturated rings. The Kier molecular flexibility index (Phi) is 3.67. The van der Waals surface area contributed by atoms with Gasteiger partial charge in [0.1, 0.15) is 0 Å². The van der Waals surface area contributed by atoms with Crippen molar-refractivity contribution in [3.63, 3.8) is 0 Å². The van der Waals surface area contributed by atoms with E-state index < -0.39 is 0 Å². The van der Waals surface area contributed by atoms with Crippen molar-refractivity contribution in [3.05, 3.63) is 61.1 Å². The van der Waals surface area contributed by atoms with E-state index >= 15 is 0 Å². The highest BCUT2D eigenvalue weighted by Crippen LogP contribution is 2.25. The fourth-order valence-electron chi connectivity index (χ4n) is 3.06. The highest BCUT2D eigenvalue weighted by atomic mass is 15.3. The van der Waals surface area contributed by atoms with Gasteiger partial charge in [-0.1, -0.05) is 36.4 Å². The fourth-order valence-corrected chi connectivity index (χ4v) is 3.06. The largest absolute Gasteiger partial charge is 0.325 e. The normalized spacial score (nSPS) is 18.3. The molecule has 4 rings (SSSR count). The zero-order valence-electron chi connectivity index (χ0n) is 12.9. The van der Waals surface area contributed by atoms with Crippen LogP contribution < -0.4 is 10.6 Å². The van der Waals surface area contributed by atoms with E-state index in [1.54, 1.807) is 0 Å². The van der Waals surface area contributed by atoms with Gasteiger partial charge in [-0.3, -0.25) is 0 Å². The van der Waals surface area contributed by atoms with Crippen LogP contribution in [0.15, 0.2) is 54.7 Å². The van der Waals surface area contributed by atoms with Gasteiger partial charge < -0.3 is 10.6 Å². The summed E-state index contributed by atoms with van der Waals surface area (Å²) in [5, 5.41) is 2.45. The zero-order chi connectivity index (χ0) is 15.6. The maximum Gasteiger partial charge on any atom is 0.227 e. The first kappa shape index (κ1) is 14.2. The molecule has 0 amide bonds. The number of hydrogen-bond acceptors (Lipinski definition) is 4. The van der Waals surface area contributed by atoms with Crippen LogP contribution in [-0.2, 0) is 0 Å². The van der Waals surface area contributed by atoms with Crippen LogP contribution in [0.2, 0.25) is 0 Å². The van der Waals surface area contributed by atoms with Crippen LogP contribution in [0.4, 0.5) is 5.95 Å². The Bertz CT molecular complexity index is 830. The van der Waals surface area contributed by atoms with Crippen LogP contribution in [0.25, 0.3) is 22.0 Å². The molecule has 1 aliphatic rings. The van der Waals surface area contributed by atoms with Gasteiger partial charge in [-0.15, -0.1) is 0 Å². The topological polar surface area (TPSA) is 55.0 Å². The predicted octanol–water partition coefficient (Wildman–Crippen LogP) is 3.39. The molecule has 0 saturated carbocycles. The molecular weight excluding hydrogens is 284 g/mol. The first-order chi connectivity index (χ1) is 11.3. The second-order valence-corrected chi connectivity index (χ2v) is 5.88. The van der Waals surface area contributed by atoms with Gasteiger partial charge >= 0.3 is 0 Å². The zero-order valence-corrected chi connectivity index (χ0v) is 12.9. The van der Waals surface area contributed by atoms with Gasteiger partial charge in [0.25, 0.3) is 0 Å². The fraction of sp³-hybridized carbons (Fsp3) is 0.211.